The third-order valence-electron chi connectivity index (χ3n) is 2.27. The van der Waals surface area contributed by atoms with Crippen LogP contribution >= 0.6 is 11.8 Å². The zero-order valence-electron chi connectivity index (χ0n) is 10.3. The molecule has 0 fully saturated rings. The Labute approximate surface area is 104 Å². The number of allylic oxidation sites excluding steroid dienone is 1. The molecule has 0 aliphatic heterocycles. The summed E-state index contributed by atoms with van der Waals surface area (Å²) >= 11 is 2.05. The van der Waals surface area contributed by atoms with Crippen molar-refractivity contribution in [3.05, 3.63) is 12.2 Å². The lowest BCUT2D eigenvalue weighted by Crippen LogP contribution is -1.86. The lowest BCUT2D eigenvalue weighted by Gasteiger charge is -2.00. The van der Waals surface area contributed by atoms with Crippen LogP contribution in [-0.2, 0) is 4.79 Å². The Balaban J connectivity index is 3.01. The van der Waals surface area contributed by atoms with E-state index in [0.29, 0.717) is 0 Å². The minimum absolute atomic E-state index is 0.840. The third kappa shape index (κ3) is 13.6. The van der Waals surface area contributed by atoms with Crippen LogP contribution < -0.4 is 0 Å². The number of aliphatic carboxylic acids is 1. The minimum atomic E-state index is -0.840. The van der Waals surface area contributed by atoms with E-state index in [0.717, 1.165) is 12.8 Å². The van der Waals surface area contributed by atoms with E-state index in [4.69, 9.17) is 5.11 Å². The predicted octanol–water partition coefficient (Wildman–Crippen LogP) is 4.11. The quantitative estimate of drug-likeness (QED) is 0.439. The zero-order valence-corrected chi connectivity index (χ0v) is 11.1. The average molecular weight is 244 g/mol. The van der Waals surface area contributed by atoms with Crippen molar-refractivity contribution in [2.24, 2.45) is 0 Å². The fraction of sp³-hybridized carbons (Fsp3) is 0.769. The first-order valence-electron chi connectivity index (χ1n) is 6.24. The molecular weight excluding hydrogens is 220 g/mol. The molecule has 0 aromatic carbocycles. The van der Waals surface area contributed by atoms with Crippen molar-refractivity contribution >= 4 is 17.7 Å². The van der Waals surface area contributed by atoms with Gasteiger partial charge in [0.1, 0.15) is 0 Å². The SMILES string of the molecule is CCCSCCCCCCC/C=C/C(=O)O. The number of unbranched alkanes of at least 4 members (excludes halogenated alkanes) is 5. The van der Waals surface area contributed by atoms with Crippen LogP contribution in [0.2, 0.25) is 0 Å². The standard InChI is InChI=1S/C13H24O2S/c1-2-11-16-12-9-7-5-3-4-6-8-10-13(14)15/h8,10H,2-7,9,11-12H2,1H3,(H,14,15)/b10-8+. The van der Waals surface area contributed by atoms with Crippen molar-refractivity contribution in [3.8, 4) is 0 Å². The number of rotatable bonds is 11. The molecular formula is C13H24O2S. The summed E-state index contributed by atoms with van der Waals surface area (Å²) in [6.45, 7) is 2.22. The number of carboxylic acid groups (broad SMARTS) is 1. The molecule has 0 amide bonds. The lowest BCUT2D eigenvalue weighted by molar-refractivity contribution is -0.131. The van der Waals surface area contributed by atoms with E-state index in [2.05, 4.69) is 18.7 Å². The van der Waals surface area contributed by atoms with Crippen LogP contribution in [0.5, 0.6) is 0 Å². The van der Waals surface area contributed by atoms with Gasteiger partial charge < -0.3 is 5.11 Å². The molecule has 0 aliphatic carbocycles. The summed E-state index contributed by atoms with van der Waals surface area (Å²) in [5.74, 6) is 1.75. The molecule has 94 valence electrons. The van der Waals surface area contributed by atoms with Gasteiger partial charge in [0.25, 0.3) is 0 Å². The van der Waals surface area contributed by atoms with Gasteiger partial charge in [-0.05, 0) is 37.2 Å². The Morgan fingerprint density at radius 3 is 2.50 bits per heavy atom. The molecule has 0 radical (unpaired) electrons. The van der Waals surface area contributed by atoms with E-state index in [-0.39, 0.29) is 0 Å². The normalized spacial score (nSPS) is 11.1. The van der Waals surface area contributed by atoms with Crippen LogP contribution in [0, 0.1) is 0 Å². The second kappa shape index (κ2) is 12.6. The van der Waals surface area contributed by atoms with Crippen LogP contribution in [0.25, 0.3) is 0 Å². The predicted molar refractivity (Wildman–Crippen MR) is 72.1 cm³/mol. The van der Waals surface area contributed by atoms with Crippen LogP contribution in [0.1, 0.15) is 51.9 Å². The molecule has 0 saturated carbocycles. The summed E-state index contributed by atoms with van der Waals surface area (Å²) in [4.78, 5) is 10.2. The molecule has 0 aromatic heterocycles. The summed E-state index contributed by atoms with van der Waals surface area (Å²) in [5, 5.41) is 8.37. The maximum absolute atomic E-state index is 10.2. The highest BCUT2D eigenvalue weighted by Crippen LogP contribution is 2.10. The molecule has 0 atom stereocenters. The lowest BCUT2D eigenvalue weighted by atomic mass is 10.1. The van der Waals surface area contributed by atoms with Crippen LogP contribution in [0.15, 0.2) is 12.2 Å². The fourth-order valence-electron chi connectivity index (χ4n) is 1.43. The highest BCUT2D eigenvalue weighted by Gasteiger charge is 1.91. The van der Waals surface area contributed by atoms with Gasteiger partial charge in [-0.3, -0.25) is 0 Å². The monoisotopic (exact) mass is 244 g/mol. The second-order valence-electron chi connectivity index (χ2n) is 3.91. The highest BCUT2D eigenvalue weighted by molar-refractivity contribution is 7.99. The minimum Gasteiger partial charge on any atom is -0.478 e. The van der Waals surface area contributed by atoms with Gasteiger partial charge in [0, 0.05) is 6.08 Å². The molecule has 2 nitrogen and oxygen atoms in total. The molecule has 0 unspecified atom stereocenters. The van der Waals surface area contributed by atoms with Gasteiger partial charge in [-0.2, -0.15) is 11.8 Å². The van der Waals surface area contributed by atoms with Gasteiger partial charge in [-0.1, -0.05) is 32.3 Å². The molecule has 0 bridgehead atoms. The molecule has 0 aliphatic rings. The molecule has 0 aromatic rings. The van der Waals surface area contributed by atoms with Crippen LogP contribution in [0.4, 0.5) is 0 Å². The van der Waals surface area contributed by atoms with Crippen molar-refractivity contribution in [3.63, 3.8) is 0 Å². The Bertz CT molecular complexity index is 190. The molecule has 0 saturated heterocycles. The Morgan fingerprint density at radius 1 is 1.12 bits per heavy atom. The topological polar surface area (TPSA) is 37.3 Å². The average Bonchev–Trinajstić information content (AvgIpc) is 2.25. The second-order valence-corrected chi connectivity index (χ2v) is 5.13. The molecule has 3 heteroatoms. The summed E-state index contributed by atoms with van der Waals surface area (Å²) in [7, 11) is 0. The first kappa shape index (κ1) is 15.6. The number of hydrogen-bond donors (Lipinski definition) is 1. The third-order valence-corrected chi connectivity index (χ3v) is 3.54. The smallest absolute Gasteiger partial charge is 0.327 e. The first-order chi connectivity index (χ1) is 7.77. The number of hydrogen-bond acceptors (Lipinski definition) is 2. The maximum atomic E-state index is 10.2. The van der Waals surface area contributed by atoms with E-state index in [1.807, 2.05) is 0 Å². The van der Waals surface area contributed by atoms with E-state index in [1.54, 1.807) is 6.08 Å². The summed E-state index contributed by atoms with van der Waals surface area (Å²) in [6.07, 6.45) is 11.4. The molecule has 1 N–H and O–H groups in total. The van der Waals surface area contributed by atoms with E-state index < -0.39 is 5.97 Å². The van der Waals surface area contributed by atoms with Crippen molar-refractivity contribution in [1.29, 1.82) is 0 Å². The van der Waals surface area contributed by atoms with Crippen LogP contribution in [0.3, 0.4) is 0 Å². The fourth-order valence-corrected chi connectivity index (χ4v) is 2.33. The van der Waals surface area contributed by atoms with E-state index >= 15 is 0 Å². The van der Waals surface area contributed by atoms with Crippen molar-refractivity contribution < 1.29 is 9.90 Å². The van der Waals surface area contributed by atoms with E-state index in [9.17, 15) is 4.79 Å². The van der Waals surface area contributed by atoms with Crippen LogP contribution in [-0.4, -0.2) is 22.6 Å². The molecule has 0 rings (SSSR count). The zero-order chi connectivity index (χ0) is 12.1. The molecule has 0 heterocycles. The summed E-state index contributed by atoms with van der Waals surface area (Å²) in [6, 6.07) is 0. The van der Waals surface area contributed by atoms with E-state index in [1.165, 1.54) is 49.7 Å². The Hall–Kier alpha value is -0.440. The largest absolute Gasteiger partial charge is 0.478 e. The Kier molecular flexibility index (Phi) is 12.3. The highest BCUT2D eigenvalue weighted by atomic mass is 32.2. The summed E-state index contributed by atoms with van der Waals surface area (Å²) < 4.78 is 0. The van der Waals surface area contributed by atoms with Gasteiger partial charge in [-0.25, -0.2) is 4.79 Å². The Morgan fingerprint density at radius 2 is 1.81 bits per heavy atom. The number of carboxylic acids is 1. The molecule has 0 spiro atoms. The first-order valence-corrected chi connectivity index (χ1v) is 7.40. The van der Waals surface area contributed by atoms with Crippen molar-refractivity contribution in [2.45, 2.75) is 51.9 Å². The van der Waals surface area contributed by atoms with Gasteiger partial charge in [-0.15, -0.1) is 0 Å². The summed E-state index contributed by atoms with van der Waals surface area (Å²) in [5.41, 5.74) is 0. The van der Waals surface area contributed by atoms with Gasteiger partial charge in [0.15, 0.2) is 0 Å². The molecule has 16 heavy (non-hydrogen) atoms. The number of thioether (sulfide) groups is 1. The van der Waals surface area contributed by atoms with Crippen molar-refractivity contribution in [1.82, 2.24) is 0 Å². The maximum Gasteiger partial charge on any atom is 0.327 e. The van der Waals surface area contributed by atoms with Crippen molar-refractivity contribution in [2.75, 3.05) is 11.5 Å². The van der Waals surface area contributed by atoms with Gasteiger partial charge >= 0.3 is 5.97 Å². The van der Waals surface area contributed by atoms with Gasteiger partial charge in [0.05, 0.1) is 0 Å². The number of carbonyl (C=O) groups is 1. The van der Waals surface area contributed by atoms with Gasteiger partial charge in [0.2, 0.25) is 0 Å².